The molecule has 19 heavy (non-hydrogen) atoms. The molecule has 1 aromatic heterocycles. The Labute approximate surface area is 121 Å². The van der Waals surface area contributed by atoms with Crippen molar-refractivity contribution < 1.29 is 4.52 Å². The highest BCUT2D eigenvalue weighted by atomic mass is 32.2. The topological polar surface area (TPSA) is 77.0 Å². The summed E-state index contributed by atoms with van der Waals surface area (Å²) in [6.45, 7) is 0.676. The quantitative estimate of drug-likeness (QED) is 0.624. The zero-order chi connectivity index (χ0) is 13.7. The molecule has 0 aliphatic heterocycles. The molecule has 0 amide bonds. The fourth-order valence-electron chi connectivity index (χ4n) is 1.71. The van der Waals surface area contributed by atoms with Gasteiger partial charge in [0, 0.05) is 29.1 Å². The average molecular weight is 294 g/mol. The summed E-state index contributed by atoms with van der Waals surface area (Å²) in [5.41, 5.74) is 7.61. The van der Waals surface area contributed by atoms with Gasteiger partial charge < -0.3 is 15.6 Å². The van der Waals surface area contributed by atoms with Crippen molar-refractivity contribution in [2.75, 3.05) is 18.1 Å². The number of hydrogen-bond acceptors (Lipinski definition) is 6. The second-order valence-electron chi connectivity index (χ2n) is 3.76. The maximum absolute atomic E-state index is 5.79. The maximum atomic E-state index is 5.79. The van der Waals surface area contributed by atoms with E-state index in [0.29, 0.717) is 23.8 Å². The van der Waals surface area contributed by atoms with Crippen molar-refractivity contribution >= 4 is 34.7 Å². The lowest BCUT2D eigenvalue weighted by Crippen LogP contribution is -2.15. The van der Waals surface area contributed by atoms with E-state index in [1.165, 1.54) is 6.33 Å². The first-order valence-corrected chi connectivity index (χ1v) is 7.32. The number of nitrogens with two attached hydrogens (primary N) is 1. The van der Waals surface area contributed by atoms with Crippen LogP contribution < -0.4 is 11.1 Å². The molecule has 0 saturated carbocycles. The minimum absolute atomic E-state index is 0.394. The van der Waals surface area contributed by atoms with Gasteiger partial charge >= 0.3 is 0 Å². The second kappa shape index (κ2) is 6.53. The Balaban J connectivity index is 2.09. The molecule has 1 aromatic carbocycles. The Bertz CT molecular complexity index is 557. The molecule has 0 atom stereocenters. The minimum atomic E-state index is 0.394. The maximum Gasteiger partial charge on any atom is 0.228 e. The summed E-state index contributed by atoms with van der Waals surface area (Å²) in [6.07, 6.45) is 4.05. The Morgan fingerprint density at radius 2 is 2.37 bits per heavy atom. The average Bonchev–Trinajstić information content (AvgIpc) is 2.91. The number of benzene rings is 1. The summed E-state index contributed by atoms with van der Waals surface area (Å²) in [7, 11) is 0. The summed E-state index contributed by atoms with van der Waals surface area (Å²) in [5, 5.41) is 6.86. The van der Waals surface area contributed by atoms with Crippen LogP contribution in [0.5, 0.6) is 0 Å². The zero-order valence-electron chi connectivity index (χ0n) is 10.4. The van der Waals surface area contributed by atoms with Crippen molar-refractivity contribution in [1.82, 2.24) is 10.1 Å². The number of nitrogens with zero attached hydrogens (tertiary/aromatic N) is 2. The number of hydrogen-bond donors (Lipinski definition) is 2. The van der Waals surface area contributed by atoms with Crippen LogP contribution in [0.25, 0.3) is 0 Å². The number of thiocarbonyl (C=S) groups is 1. The Hall–Kier alpha value is -1.60. The van der Waals surface area contributed by atoms with Gasteiger partial charge in [0.25, 0.3) is 0 Å². The van der Waals surface area contributed by atoms with Crippen LogP contribution in [0.3, 0.4) is 0 Å². The van der Waals surface area contributed by atoms with Gasteiger partial charge in [-0.15, -0.1) is 11.8 Å². The van der Waals surface area contributed by atoms with Crippen molar-refractivity contribution in [3.63, 3.8) is 0 Å². The van der Waals surface area contributed by atoms with Gasteiger partial charge in [-0.05, 0) is 18.4 Å². The van der Waals surface area contributed by atoms with E-state index < -0.39 is 0 Å². The van der Waals surface area contributed by atoms with Crippen LogP contribution in [-0.4, -0.2) is 27.9 Å². The highest BCUT2D eigenvalue weighted by Crippen LogP contribution is 2.27. The molecular weight excluding hydrogens is 280 g/mol. The fourth-order valence-corrected chi connectivity index (χ4v) is 2.64. The first-order valence-electron chi connectivity index (χ1n) is 5.68. The Kier molecular flexibility index (Phi) is 4.75. The van der Waals surface area contributed by atoms with E-state index in [-0.39, 0.29) is 0 Å². The fraction of sp³-hybridized carbons (Fsp3) is 0.250. The van der Waals surface area contributed by atoms with Crippen LogP contribution in [0.4, 0.5) is 5.69 Å². The van der Waals surface area contributed by atoms with Gasteiger partial charge in [0.2, 0.25) is 5.89 Å². The molecule has 0 aliphatic rings. The SMILES string of the molecule is CSc1cccc(NCCc2ncno2)c1C(N)=S. The number of nitrogens with one attached hydrogen (secondary N) is 1. The number of aromatic nitrogens is 2. The van der Waals surface area contributed by atoms with E-state index >= 15 is 0 Å². The molecule has 2 aromatic rings. The van der Waals surface area contributed by atoms with E-state index in [9.17, 15) is 0 Å². The Morgan fingerprint density at radius 1 is 1.53 bits per heavy atom. The number of thioether (sulfide) groups is 1. The summed E-state index contributed by atoms with van der Waals surface area (Å²) >= 11 is 6.74. The van der Waals surface area contributed by atoms with Crippen molar-refractivity contribution in [2.24, 2.45) is 5.73 Å². The standard InChI is InChI=1S/C12H14N4OS2/c1-19-9-4-2-3-8(11(9)12(13)18)14-6-5-10-15-7-16-17-10/h2-4,7,14H,5-6H2,1H3,(H2,13,18). The zero-order valence-corrected chi connectivity index (χ0v) is 12.1. The molecule has 2 rings (SSSR count). The largest absolute Gasteiger partial charge is 0.389 e. The molecule has 0 saturated heterocycles. The van der Waals surface area contributed by atoms with Gasteiger partial charge in [-0.25, -0.2) is 0 Å². The minimum Gasteiger partial charge on any atom is -0.389 e. The number of rotatable bonds is 6. The van der Waals surface area contributed by atoms with Crippen LogP contribution in [0.15, 0.2) is 33.9 Å². The lowest BCUT2D eigenvalue weighted by atomic mass is 10.1. The molecule has 5 nitrogen and oxygen atoms in total. The second-order valence-corrected chi connectivity index (χ2v) is 5.05. The first-order chi connectivity index (χ1) is 9.22. The van der Waals surface area contributed by atoms with Crippen molar-refractivity contribution in [3.8, 4) is 0 Å². The third-order valence-electron chi connectivity index (χ3n) is 2.55. The number of anilines is 1. The van der Waals surface area contributed by atoms with Gasteiger partial charge in [0.1, 0.15) is 4.99 Å². The van der Waals surface area contributed by atoms with Gasteiger partial charge in [-0.1, -0.05) is 23.4 Å². The van der Waals surface area contributed by atoms with Crippen molar-refractivity contribution in [3.05, 3.63) is 36.0 Å². The molecule has 0 aliphatic carbocycles. The molecule has 100 valence electrons. The van der Waals surface area contributed by atoms with Crippen LogP contribution >= 0.6 is 24.0 Å². The lowest BCUT2D eigenvalue weighted by Gasteiger charge is -2.13. The van der Waals surface area contributed by atoms with Crippen LogP contribution in [0, 0.1) is 0 Å². The third-order valence-corrected chi connectivity index (χ3v) is 3.54. The molecule has 0 bridgehead atoms. The lowest BCUT2D eigenvalue weighted by molar-refractivity contribution is 0.380. The van der Waals surface area contributed by atoms with Crippen LogP contribution in [0.1, 0.15) is 11.5 Å². The predicted molar refractivity (Wildman–Crippen MR) is 80.6 cm³/mol. The van der Waals surface area contributed by atoms with Crippen molar-refractivity contribution in [1.29, 1.82) is 0 Å². The molecular formula is C12H14N4OS2. The highest BCUT2D eigenvalue weighted by Gasteiger charge is 2.10. The summed E-state index contributed by atoms with van der Waals surface area (Å²) in [6, 6.07) is 5.94. The summed E-state index contributed by atoms with van der Waals surface area (Å²) in [4.78, 5) is 5.43. The van der Waals surface area contributed by atoms with E-state index in [1.807, 2.05) is 24.5 Å². The Morgan fingerprint density at radius 3 is 3.00 bits per heavy atom. The van der Waals surface area contributed by atoms with E-state index in [2.05, 4.69) is 15.5 Å². The van der Waals surface area contributed by atoms with Gasteiger partial charge in [-0.3, -0.25) is 0 Å². The monoisotopic (exact) mass is 294 g/mol. The van der Waals surface area contributed by atoms with E-state index in [1.54, 1.807) is 11.8 Å². The molecule has 0 fully saturated rings. The van der Waals surface area contributed by atoms with E-state index in [4.69, 9.17) is 22.5 Å². The smallest absolute Gasteiger partial charge is 0.228 e. The van der Waals surface area contributed by atoms with Crippen LogP contribution in [-0.2, 0) is 6.42 Å². The first kappa shape index (κ1) is 13.8. The predicted octanol–water partition coefficient (Wildman–Crippen LogP) is 2.08. The van der Waals surface area contributed by atoms with Gasteiger partial charge in [0.05, 0.1) is 0 Å². The normalized spacial score (nSPS) is 10.4. The molecule has 0 unspecified atom stereocenters. The van der Waals surface area contributed by atoms with E-state index in [0.717, 1.165) is 16.1 Å². The molecule has 3 N–H and O–H groups in total. The van der Waals surface area contributed by atoms with Gasteiger partial charge in [-0.2, -0.15) is 4.98 Å². The highest BCUT2D eigenvalue weighted by molar-refractivity contribution is 7.98. The molecule has 0 spiro atoms. The molecule has 0 radical (unpaired) electrons. The molecule has 7 heteroatoms. The summed E-state index contributed by atoms with van der Waals surface area (Å²) < 4.78 is 4.94. The third kappa shape index (κ3) is 3.45. The molecule has 1 heterocycles. The van der Waals surface area contributed by atoms with Gasteiger partial charge in [0.15, 0.2) is 6.33 Å². The van der Waals surface area contributed by atoms with Crippen molar-refractivity contribution in [2.45, 2.75) is 11.3 Å². The summed E-state index contributed by atoms with van der Waals surface area (Å²) in [5.74, 6) is 0.602. The van der Waals surface area contributed by atoms with Crippen LogP contribution in [0.2, 0.25) is 0 Å².